The Balaban J connectivity index is 1.95. The van der Waals surface area contributed by atoms with Gasteiger partial charge in [0.1, 0.15) is 5.82 Å². The van der Waals surface area contributed by atoms with Gasteiger partial charge in [0.05, 0.1) is 23.9 Å². The van der Waals surface area contributed by atoms with Crippen molar-refractivity contribution in [2.75, 3.05) is 32.1 Å². The molecule has 21 heavy (non-hydrogen) atoms. The Kier molecular flexibility index (Phi) is 5.12. The molecule has 0 radical (unpaired) electrons. The van der Waals surface area contributed by atoms with Gasteiger partial charge in [-0.2, -0.15) is 5.26 Å². The summed E-state index contributed by atoms with van der Waals surface area (Å²) in [6.45, 7) is 1.99. The van der Waals surface area contributed by atoms with Crippen LogP contribution in [0.15, 0.2) is 18.2 Å². The lowest BCUT2D eigenvalue weighted by atomic mass is 10.0. The molecule has 1 aliphatic heterocycles. The average Bonchev–Trinajstić information content (AvgIpc) is 2.50. The number of anilines is 1. The van der Waals surface area contributed by atoms with Gasteiger partial charge in [-0.1, -0.05) is 0 Å². The van der Waals surface area contributed by atoms with E-state index < -0.39 is 11.8 Å². The van der Waals surface area contributed by atoms with Crippen LogP contribution in [0, 0.1) is 23.1 Å². The van der Waals surface area contributed by atoms with Crippen molar-refractivity contribution in [1.29, 1.82) is 5.26 Å². The van der Waals surface area contributed by atoms with Crippen LogP contribution >= 0.6 is 0 Å². The minimum Gasteiger partial charge on any atom is -0.381 e. The number of hydrogen-bond acceptors (Lipinski definition) is 3. The Hall–Kier alpha value is -2.13. The highest BCUT2D eigenvalue weighted by molar-refractivity contribution is 5.89. The largest absolute Gasteiger partial charge is 0.381 e. The zero-order chi connectivity index (χ0) is 15.2. The molecule has 0 bridgehead atoms. The summed E-state index contributed by atoms with van der Waals surface area (Å²) in [5, 5.41) is 11.3. The third kappa shape index (κ3) is 4.17. The molecule has 0 saturated carbocycles. The Bertz CT molecular complexity index is 550. The minimum atomic E-state index is -0.559. The monoisotopic (exact) mass is 291 g/mol. The zero-order valence-corrected chi connectivity index (χ0v) is 11.9. The fraction of sp³-hybridized carbons (Fsp3) is 0.467. The summed E-state index contributed by atoms with van der Waals surface area (Å²) in [5.41, 5.74) is 0.320. The first-order valence-corrected chi connectivity index (χ1v) is 6.89. The van der Waals surface area contributed by atoms with Gasteiger partial charge >= 0.3 is 6.03 Å². The molecule has 5 nitrogen and oxygen atoms in total. The van der Waals surface area contributed by atoms with Gasteiger partial charge in [-0.25, -0.2) is 9.18 Å². The third-order valence-corrected chi connectivity index (χ3v) is 3.47. The summed E-state index contributed by atoms with van der Waals surface area (Å²) in [5.74, 6) is -0.249. The lowest BCUT2D eigenvalue weighted by Gasteiger charge is -2.27. The van der Waals surface area contributed by atoms with Crippen molar-refractivity contribution in [2.24, 2.45) is 5.92 Å². The highest BCUT2D eigenvalue weighted by Gasteiger charge is 2.19. The topological polar surface area (TPSA) is 65.4 Å². The highest BCUT2D eigenvalue weighted by atomic mass is 19.1. The maximum atomic E-state index is 13.6. The van der Waals surface area contributed by atoms with Crippen molar-refractivity contribution < 1.29 is 13.9 Å². The second-order valence-electron chi connectivity index (χ2n) is 5.20. The molecule has 1 heterocycles. The number of nitriles is 1. The van der Waals surface area contributed by atoms with Crippen LogP contribution in [0.1, 0.15) is 18.4 Å². The molecule has 1 atom stereocenters. The van der Waals surface area contributed by atoms with E-state index in [0.29, 0.717) is 24.6 Å². The minimum absolute atomic E-state index is 0.0193. The molecule has 0 aromatic heterocycles. The number of nitrogens with zero attached hydrogens (tertiary/aromatic N) is 2. The Morgan fingerprint density at radius 2 is 2.43 bits per heavy atom. The van der Waals surface area contributed by atoms with E-state index in [9.17, 15) is 9.18 Å². The van der Waals surface area contributed by atoms with E-state index in [4.69, 9.17) is 10.00 Å². The SMILES string of the molecule is CN(C[C@@H]1CCCOC1)C(=O)Nc1cc(C#N)ccc1F. The van der Waals surface area contributed by atoms with Crippen molar-refractivity contribution in [1.82, 2.24) is 4.90 Å². The normalized spacial score (nSPS) is 17.9. The first kappa shape index (κ1) is 15.3. The number of amides is 2. The molecular formula is C15H18FN3O2. The smallest absolute Gasteiger partial charge is 0.321 e. The van der Waals surface area contributed by atoms with Crippen LogP contribution in [0.2, 0.25) is 0 Å². The maximum absolute atomic E-state index is 13.6. The fourth-order valence-corrected chi connectivity index (χ4v) is 2.32. The van der Waals surface area contributed by atoms with Crippen LogP contribution in [0.5, 0.6) is 0 Å². The average molecular weight is 291 g/mol. The van der Waals surface area contributed by atoms with E-state index in [2.05, 4.69) is 5.32 Å². The van der Waals surface area contributed by atoms with Crippen molar-refractivity contribution >= 4 is 11.7 Å². The van der Waals surface area contributed by atoms with Crippen LogP contribution in [0.3, 0.4) is 0 Å². The number of benzene rings is 1. The van der Waals surface area contributed by atoms with Gasteiger partial charge in [-0.3, -0.25) is 0 Å². The van der Waals surface area contributed by atoms with Gasteiger partial charge < -0.3 is 15.0 Å². The first-order valence-electron chi connectivity index (χ1n) is 6.89. The van der Waals surface area contributed by atoms with Crippen molar-refractivity contribution in [3.63, 3.8) is 0 Å². The Morgan fingerprint density at radius 3 is 3.10 bits per heavy atom. The third-order valence-electron chi connectivity index (χ3n) is 3.47. The number of rotatable bonds is 3. The van der Waals surface area contributed by atoms with E-state index in [1.807, 2.05) is 6.07 Å². The van der Waals surface area contributed by atoms with Crippen LogP contribution in [0.4, 0.5) is 14.9 Å². The Morgan fingerprint density at radius 1 is 1.62 bits per heavy atom. The van der Waals surface area contributed by atoms with E-state index in [-0.39, 0.29) is 5.69 Å². The second kappa shape index (κ2) is 7.04. The zero-order valence-electron chi connectivity index (χ0n) is 11.9. The van der Waals surface area contributed by atoms with Gasteiger partial charge in [-0.05, 0) is 31.0 Å². The molecule has 2 amide bonds. The van der Waals surface area contributed by atoms with Crippen LogP contribution in [-0.2, 0) is 4.74 Å². The summed E-state index contributed by atoms with van der Waals surface area (Å²) < 4.78 is 19.0. The number of halogens is 1. The lowest BCUT2D eigenvalue weighted by molar-refractivity contribution is 0.0464. The predicted molar refractivity (Wildman–Crippen MR) is 76.3 cm³/mol. The van der Waals surface area contributed by atoms with Gasteiger partial charge in [0, 0.05) is 26.1 Å². The molecule has 0 unspecified atom stereocenters. The van der Waals surface area contributed by atoms with Gasteiger partial charge in [-0.15, -0.1) is 0 Å². The first-order chi connectivity index (χ1) is 10.1. The van der Waals surface area contributed by atoms with E-state index in [1.165, 1.54) is 23.1 Å². The number of ether oxygens (including phenoxy) is 1. The number of hydrogen-bond donors (Lipinski definition) is 1. The van der Waals surface area contributed by atoms with Gasteiger partial charge in [0.25, 0.3) is 0 Å². The van der Waals surface area contributed by atoms with Crippen LogP contribution in [-0.4, -0.2) is 37.7 Å². The maximum Gasteiger partial charge on any atom is 0.321 e. The molecule has 6 heteroatoms. The molecule has 2 rings (SSSR count). The van der Waals surface area contributed by atoms with E-state index >= 15 is 0 Å². The molecule has 1 aromatic carbocycles. The summed E-state index contributed by atoms with van der Waals surface area (Å²) in [6.07, 6.45) is 2.02. The number of urea groups is 1. The van der Waals surface area contributed by atoms with Crippen LogP contribution in [0.25, 0.3) is 0 Å². The quantitative estimate of drug-likeness (QED) is 0.931. The highest BCUT2D eigenvalue weighted by Crippen LogP contribution is 2.18. The second-order valence-corrected chi connectivity index (χ2v) is 5.20. The fourth-order valence-electron chi connectivity index (χ4n) is 2.32. The van der Waals surface area contributed by atoms with Crippen molar-refractivity contribution in [3.05, 3.63) is 29.6 Å². The van der Waals surface area contributed by atoms with Crippen molar-refractivity contribution in [2.45, 2.75) is 12.8 Å². The van der Waals surface area contributed by atoms with Crippen molar-refractivity contribution in [3.8, 4) is 6.07 Å². The number of carbonyl (C=O) groups is 1. The number of nitrogens with one attached hydrogen (secondary N) is 1. The molecule has 1 saturated heterocycles. The molecule has 1 N–H and O–H groups in total. The predicted octanol–water partition coefficient (Wildman–Crippen LogP) is 2.59. The summed E-state index contributed by atoms with van der Waals surface area (Å²) in [6, 6.07) is 5.38. The van der Waals surface area contributed by atoms with Crippen LogP contribution < -0.4 is 5.32 Å². The molecule has 0 aliphatic carbocycles. The van der Waals surface area contributed by atoms with Gasteiger partial charge in [0.2, 0.25) is 0 Å². The molecular weight excluding hydrogens is 273 g/mol. The molecule has 1 aromatic rings. The summed E-state index contributed by atoms with van der Waals surface area (Å²) in [7, 11) is 1.66. The molecule has 112 valence electrons. The summed E-state index contributed by atoms with van der Waals surface area (Å²) in [4.78, 5) is 13.6. The van der Waals surface area contributed by atoms with E-state index in [0.717, 1.165) is 19.4 Å². The molecule has 0 spiro atoms. The standard InChI is InChI=1S/C15H18FN3O2/c1-19(9-12-3-2-6-21-10-12)15(20)18-14-7-11(8-17)4-5-13(14)16/h4-5,7,12H,2-3,6,9-10H2,1H3,(H,18,20)/t12-/m0/s1. The molecule has 1 fully saturated rings. The molecule has 1 aliphatic rings. The Labute approximate surface area is 123 Å². The van der Waals surface area contributed by atoms with Gasteiger partial charge in [0.15, 0.2) is 0 Å². The lowest BCUT2D eigenvalue weighted by Crippen LogP contribution is -2.37. The summed E-state index contributed by atoms with van der Waals surface area (Å²) >= 11 is 0. The van der Waals surface area contributed by atoms with E-state index in [1.54, 1.807) is 7.05 Å². The number of carbonyl (C=O) groups excluding carboxylic acids is 1.